The third-order valence-electron chi connectivity index (χ3n) is 10.9. The van der Waals surface area contributed by atoms with Gasteiger partial charge in [0.05, 0.1) is 18.3 Å². The van der Waals surface area contributed by atoms with Crippen molar-refractivity contribution in [3.8, 4) is 34.5 Å². The molecule has 64 heavy (non-hydrogen) atoms. The molecule has 3 aromatic carbocycles. The van der Waals surface area contributed by atoms with Crippen LogP contribution in [0.15, 0.2) is 66.4 Å². The Labute approximate surface area is 362 Å². The molecule has 4 aliphatic rings. The molecule has 0 aliphatic carbocycles. The van der Waals surface area contributed by atoms with Crippen LogP contribution in [0.3, 0.4) is 0 Å². The number of hydrogen-bond acceptors (Lipinski definition) is 22. The highest BCUT2D eigenvalue weighted by Crippen LogP contribution is 2.46. The molecule has 0 saturated carbocycles. The maximum atomic E-state index is 12.5. The van der Waals surface area contributed by atoms with Crippen LogP contribution in [0.25, 0.3) is 12.2 Å². The lowest BCUT2D eigenvalue weighted by molar-refractivity contribution is -0.324. The third kappa shape index (κ3) is 9.99. The van der Waals surface area contributed by atoms with Crippen LogP contribution in [0, 0.1) is 0 Å². The third-order valence-corrected chi connectivity index (χ3v) is 10.9. The van der Waals surface area contributed by atoms with Crippen molar-refractivity contribution < 1.29 is 109 Å². The molecule has 16 atom stereocenters. The van der Waals surface area contributed by atoms with Crippen LogP contribution in [-0.2, 0) is 33.2 Å². The molecule has 4 aliphatic heterocycles. The van der Waals surface area contributed by atoms with Gasteiger partial charge in [-0.05, 0) is 48.9 Å². The molecule has 22 heteroatoms. The van der Waals surface area contributed by atoms with Crippen molar-refractivity contribution >= 4 is 18.1 Å². The van der Waals surface area contributed by atoms with E-state index in [0.717, 1.165) is 30.3 Å². The van der Waals surface area contributed by atoms with Gasteiger partial charge in [0.25, 0.3) is 0 Å². The predicted octanol–water partition coefficient (Wildman–Crippen LogP) is -1.91. The number of carbonyl (C=O) groups is 1. The van der Waals surface area contributed by atoms with E-state index in [1.165, 1.54) is 37.3 Å². The summed E-state index contributed by atoms with van der Waals surface area (Å²) in [5, 5.41) is 136. The van der Waals surface area contributed by atoms with Gasteiger partial charge in [-0.15, -0.1) is 0 Å². The van der Waals surface area contributed by atoms with Gasteiger partial charge in [-0.1, -0.05) is 18.2 Å². The largest absolute Gasteiger partial charge is 0.508 e. The van der Waals surface area contributed by atoms with Gasteiger partial charge >= 0.3 is 5.97 Å². The zero-order valence-corrected chi connectivity index (χ0v) is 33.6. The molecule has 4 heterocycles. The summed E-state index contributed by atoms with van der Waals surface area (Å²) in [5.41, 5.74) is 0.652. The second-order valence-corrected chi connectivity index (χ2v) is 15.5. The van der Waals surface area contributed by atoms with Crippen LogP contribution in [0.5, 0.6) is 34.5 Å². The Morgan fingerprint density at radius 3 is 1.89 bits per heavy atom. The first-order valence-electron chi connectivity index (χ1n) is 19.8. The van der Waals surface area contributed by atoms with Gasteiger partial charge in [-0.25, -0.2) is 4.79 Å². The Kier molecular flexibility index (Phi) is 14.2. The standard InChI is InChI=1S/C42H48O22/c1-16-30(48)33(51)36(54)40(59-16)58-15-28-32(50)35(53)38(56)42(64-28)62-26-13-21-24(60-39(26)18-5-8-22(45)23(46)10-18)11-20(44)12-25(21)61-41-37(55)34(52)31(49)27(63-41)14-57-29(47)9-4-17-2-6-19(43)7-3-17/h2-13,16,27-28,30-46,48-56H,14-15H2,1H3/b9-4+/t16-,27+,28-,30-,31+,32-,33-,34-,35+,36-,37+,38+,39?,40+,41+,42+/m0/s1. The molecule has 13 N–H and O–H groups in total. The van der Waals surface area contributed by atoms with Gasteiger partial charge in [0, 0.05) is 23.8 Å². The van der Waals surface area contributed by atoms with E-state index in [4.69, 9.17) is 37.9 Å². The molecule has 7 rings (SSSR count). The number of benzene rings is 3. The topological polar surface area (TPSA) is 354 Å². The number of phenolic OH excluding ortho intramolecular Hbond substituents is 4. The molecule has 0 bridgehead atoms. The number of aromatic hydroxyl groups is 4. The van der Waals surface area contributed by atoms with Gasteiger partial charge in [0.15, 0.2) is 23.9 Å². The van der Waals surface area contributed by atoms with E-state index in [0.29, 0.717) is 5.56 Å². The Morgan fingerprint density at radius 2 is 1.23 bits per heavy atom. The molecule has 1 unspecified atom stereocenters. The van der Waals surface area contributed by atoms with Crippen LogP contribution >= 0.6 is 0 Å². The van der Waals surface area contributed by atoms with Crippen molar-refractivity contribution in [2.24, 2.45) is 0 Å². The summed E-state index contributed by atoms with van der Waals surface area (Å²) < 4.78 is 46.0. The summed E-state index contributed by atoms with van der Waals surface area (Å²) in [6.07, 6.45) is -22.8. The molecule has 3 saturated heterocycles. The zero-order chi connectivity index (χ0) is 46.1. The van der Waals surface area contributed by atoms with E-state index in [1.54, 1.807) is 12.1 Å². The Bertz CT molecular complexity index is 2160. The molecule has 0 spiro atoms. The molecular formula is C42H48O22. The van der Waals surface area contributed by atoms with Gasteiger partial charge in [0.2, 0.25) is 12.6 Å². The molecule has 0 aromatic heterocycles. The molecule has 3 aromatic rings. The molecule has 0 amide bonds. The fourth-order valence-electron chi connectivity index (χ4n) is 7.22. The minimum absolute atomic E-state index is 0.0200. The average molecular weight is 905 g/mol. The predicted molar refractivity (Wildman–Crippen MR) is 211 cm³/mol. The number of carbonyl (C=O) groups excluding carboxylic acids is 1. The lowest BCUT2D eigenvalue weighted by Gasteiger charge is -2.43. The zero-order valence-electron chi connectivity index (χ0n) is 33.6. The summed E-state index contributed by atoms with van der Waals surface area (Å²) in [6, 6.07) is 11.7. The number of hydrogen-bond donors (Lipinski definition) is 13. The second kappa shape index (κ2) is 19.4. The van der Waals surface area contributed by atoms with Crippen molar-refractivity contribution in [2.75, 3.05) is 13.2 Å². The van der Waals surface area contributed by atoms with E-state index in [2.05, 4.69) is 0 Å². The maximum Gasteiger partial charge on any atom is 0.330 e. The number of aliphatic hydroxyl groups is 9. The Hall–Kier alpha value is -5.31. The molecule has 0 radical (unpaired) electrons. The lowest BCUT2D eigenvalue weighted by atomic mass is 9.98. The summed E-state index contributed by atoms with van der Waals surface area (Å²) in [7, 11) is 0. The van der Waals surface area contributed by atoms with Crippen molar-refractivity contribution in [3.05, 3.63) is 83.1 Å². The van der Waals surface area contributed by atoms with Gasteiger partial charge in [-0.2, -0.15) is 0 Å². The highest BCUT2D eigenvalue weighted by Gasteiger charge is 2.49. The molecule has 348 valence electrons. The minimum Gasteiger partial charge on any atom is -0.508 e. The highest BCUT2D eigenvalue weighted by molar-refractivity contribution is 5.87. The van der Waals surface area contributed by atoms with E-state index < -0.39 is 135 Å². The van der Waals surface area contributed by atoms with E-state index >= 15 is 0 Å². The van der Waals surface area contributed by atoms with Crippen LogP contribution in [0.2, 0.25) is 0 Å². The van der Waals surface area contributed by atoms with Crippen molar-refractivity contribution in [3.63, 3.8) is 0 Å². The van der Waals surface area contributed by atoms with E-state index in [-0.39, 0.29) is 34.1 Å². The maximum absolute atomic E-state index is 12.5. The first kappa shape index (κ1) is 46.7. The van der Waals surface area contributed by atoms with E-state index in [1.807, 2.05) is 0 Å². The summed E-state index contributed by atoms with van der Waals surface area (Å²) in [5.74, 6) is -3.02. The average Bonchev–Trinajstić information content (AvgIpc) is 3.27. The van der Waals surface area contributed by atoms with Crippen LogP contribution in [-0.4, -0.2) is 178 Å². The first-order chi connectivity index (χ1) is 30.4. The number of rotatable bonds is 12. The number of esters is 1. The van der Waals surface area contributed by atoms with Crippen molar-refractivity contribution in [1.82, 2.24) is 0 Å². The molecule has 3 fully saturated rings. The summed E-state index contributed by atoms with van der Waals surface area (Å²) in [6.45, 7) is 0.176. The SMILES string of the molecule is C[C@@H]1O[C@@H](OC[C@@H]2O[C@@H](OC3=Cc4c(cc(O)cc4O[C@@H]4O[C@H](COC(=O)/C=C/c5ccc(O)cc5)[C@@H](O)[C@H](O)[C@H]4O)OC3c3ccc(O)c(O)c3)[C@H](O)[C@H](O)[C@H]2O)[C@@H](O)[C@@H](O)[C@H]1O. The minimum atomic E-state index is -1.96. The molecular weight excluding hydrogens is 856 g/mol. The smallest absolute Gasteiger partial charge is 0.330 e. The summed E-state index contributed by atoms with van der Waals surface area (Å²) in [4.78, 5) is 12.5. The number of ether oxygens (including phenoxy) is 8. The van der Waals surface area contributed by atoms with Crippen molar-refractivity contribution in [2.45, 2.75) is 105 Å². The van der Waals surface area contributed by atoms with Crippen LogP contribution in [0.4, 0.5) is 0 Å². The first-order valence-corrected chi connectivity index (χ1v) is 19.8. The fraction of sp³-hybridized carbons (Fsp3) is 0.452. The Balaban J connectivity index is 1.13. The quantitative estimate of drug-likeness (QED) is 0.0536. The summed E-state index contributed by atoms with van der Waals surface area (Å²) >= 11 is 0. The van der Waals surface area contributed by atoms with Gasteiger partial charge in [0.1, 0.15) is 103 Å². The number of phenols is 4. The number of aliphatic hydroxyl groups excluding tert-OH is 9. The van der Waals surface area contributed by atoms with E-state index in [9.17, 15) is 71.2 Å². The second-order valence-electron chi connectivity index (χ2n) is 15.5. The molecule has 22 nitrogen and oxygen atoms in total. The van der Waals surface area contributed by atoms with Crippen LogP contribution < -0.4 is 9.47 Å². The number of fused-ring (bicyclic) bond motifs is 1. The van der Waals surface area contributed by atoms with Crippen molar-refractivity contribution in [1.29, 1.82) is 0 Å². The van der Waals surface area contributed by atoms with Crippen LogP contribution in [0.1, 0.15) is 29.7 Å². The van der Waals surface area contributed by atoms with Gasteiger partial charge in [-0.3, -0.25) is 0 Å². The highest BCUT2D eigenvalue weighted by atomic mass is 16.7. The lowest BCUT2D eigenvalue weighted by Crippen LogP contribution is -2.61. The monoisotopic (exact) mass is 904 g/mol. The fourth-order valence-corrected chi connectivity index (χ4v) is 7.22. The Morgan fingerprint density at radius 1 is 0.625 bits per heavy atom. The normalized spacial score (nSPS) is 35.2. The van der Waals surface area contributed by atoms with Gasteiger partial charge < -0.3 is 104 Å².